The van der Waals surface area contributed by atoms with E-state index in [4.69, 9.17) is 0 Å². The molecule has 5 heteroatoms. The number of fused-ring (bicyclic) bond motifs is 1. The standard InChI is InChI=1S/C16H16N4O/c1-10-5-12(20-14(6-10)16(21)17-2)7-11-8-18-9-15-13(11)3-4-19-15/h3-6,8-9,19H,7H2,1-2H3,(H,17,21). The number of hydrogen-bond donors (Lipinski definition) is 2. The van der Waals surface area contributed by atoms with Crippen LogP contribution in [0, 0.1) is 6.92 Å². The number of rotatable bonds is 3. The van der Waals surface area contributed by atoms with Gasteiger partial charge in [-0.3, -0.25) is 9.78 Å². The highest BCUT2D eigenvalue weighted by atomic mass is 16.1. The van der Waals surface area contributed by atoms with Crippen molar-refractivity contribution >= 4 is 16.8 Å². The largest absolute Gasteiger partial charge is 0.360 e. The SMILES string of the molecule is CNC(=O)c1cc(C)cc(Cc2cncc3[nH]ccc23)n1. The summed E-state index contributed by atoms with van der Waals surface area (Å²) in [6, 6.07) is 5.82. The lowest BCUT2D eigenvalue weighted by atomic mass is 10.1. The molecule has 0 unspecified atom stereocenters. The number of aryl methyl sites for hydroxylation is 1. The monoisotopic (exact) mass is 280 g/mol. The molecule has 21 heavy (non-hydrogen) atoms. The molecule has 3 aromatic heterocycles. The van der Waals surface area contributed by atoms with Crippen LogP contribution in [0.15, 0.2) is 36.8 Å². The Morgan fingerprint density at radius 3 is 3.00 bits per heavy atom. The van der Waals surface area contributed by atoms with Crippen LogP contribution in [-0.4, -0.2) is 27.9 Å². The molecule has 3 heterocycles. The highest BCUT2D eigenvalue weighted by molar-refractivity contribution is 5.92. The lowest BCUT2D eigenvalue weighted by Gasteiger charge is -2.07. The number of carbonyl (C=O) groups is 1. The fraction of sp³-hybridized carbons (Fsp3) is 0.188. The van der Waals surface area contributed by atoms with Crippen molar-refractivity contribution in [3.8, 4) is 0 Å². The number of pyridine rings is 2. The van der Waals surface area contributed by atoms with E-state index in [1.807, 2.05) is 31.5 Å². The van der Waals surface area contributed by atoms with E-state index in [1.165, 1.54) is 0 Å². The van der Waals surface area contributed by atoms with Gasteiger partial charge in [0.05, 0.1) is 11.7 Å². The molecule has 3 rings (SSSR count). The third kappa shape index (κ3) is 2.63. The molecule has 0 aromatic carbocycles. The van der Waals surface area contributed by atoms with Gasteiger partial charge in [0, 0.05) is 36.9 Å². The summed E-state index contributed by atoms with van der Waals surface area (Å²) in [4.78, 5) is 23.6. The molecule has 5 nitrogen and oxygen atoms in total. The van der Waals surface area contributed by atoms with Crippen LogP contribution in [0.3, 0.4) is 0 Å². The summed E-state index contributed by atoms with van der Waals surface area (Å²) >= 11 is 0. The van der Waals surface area contributed by atoms with Crippen molar-refractivity contribution < 1.29 is 4.79 Å². The third-order valence-corrected chi connectivity index (χ3v) is 3.41. The molecule has 2 N–H and O–H groups in total. The van der Waals surface area contributed by atoms with Crippen molar-refractivity contribution in [3.63, 3.8) is 0 Å². The van der Waals surface area contributed by atoms with Crippen LogP contribution >= 0.6 is 0 Å². The first-order chi connectivity index (χ1) is 10.2. The Hall–Kier alpha value is -2.69. The molecule has 0 atom stereocenters. The second-order valence-corrected chi connectivity index (χ2v) is 5.01. The van der Waals surface area contributed by atoms with E-state index >= 15 is 0 Å². The third-order valence-electron chi connectivity index (χ3n) is 3.41. The first kappa shape index (κ1) is 13.3. The number of H-pyrrole nitrogens is 1. The Morgan fingerprint density at radius 1 is 1.33 bits per heavy atom. The molecule has 0 aliphatic rings. The van der Waals surface area contributed by atoms with E-state index in [0.29, 0.717) is 12.1 Å². The summed E-state index contributed by atoms with van der Waals surface area (Å²) in [5.41, 5.74) is 4.43. The van der Waals surface area contributed by atoms with Gasteiger partial charge in [-0.15, -0.1) is 0 Å². The number of aromatic nitrogens is 3. The van der Waals surface area contributed by atoms with Crippen LogP contribution in [0.4, 0.5) is 0 Å². The quantitative estimate of drug-likeness (QED) is 0.772. The van der Waals surface area contributed by atoms with Gasteiger partial charge in [-0.2, -0.15) is 0 Å². The smallest absolute Gasteiger partial charge is 0.269 e. The molecule has 0 spiro atoms. The number of carbonyl (C=O) groups excluding carboxylic acids is 1. The highest BCUT2D eigenvalue weighted by Gasteiger charge is 2.10. The fourth-order valence-corrected chi connectivity index (χ4v) is 2.45. The first-order valence-electron chi connectivity index (χ1n) is 6.77. The Kier molecular flexibility index (Phi) is 3.39. The molecular weight excluding hydrogens is 264 g/mol. The van der Waals surface area contributed by atoms with Crippen LogP contribution in [0.25, 0.3) is 10.9 Å². The molecule has 1 amide bonds. The summed E-state index contributed by atoms with van der Waals surface area (Å²) in [6.07, 6.45) is 6.20. The van der Waals surface area contributed by atoms with Gasteiger partial charge in [-0.1, -0.05) is 0 Å². The molecule has 0 saturated heterocycles. The summed E-state index contributed by atoms with van der Waals surface area (Å²) < 4.78 is 0. The van der Waals surface area contributed by atoms with Crippen molar-refractivity contribution in [3.05, 3.63) is 59.3 Å². The average molecular weight is 280 g/mol. The lowest BCUT2D eigenvalue weighted by Crippen LogP contribution is -2.20. The van der Waals surface area contributed by atoms with E-state index in [2.05, 4.69) is 20.3 Å². The van der Waals surface area contributed by atoms with E-state index < -0.39 is 0 Å². The first-order valence-corrected chi connectivity index (χ1v) is 6.77. The van der Waals surface area contributed by atoms with Gasteiger partial charge in [0.1, 0.15) is 5.69 Å². The summed E-state index contributed by atoms with van der Waals surface area (Å²) in [7, 11) is 1.61. The van der Waals surface area contributed by atoms with Gasteiger partial charge >= 0.3 is 0 Å². The molecule has 3 aromatic rings. The number of amides is 1. The zero-order valence-electron chi connectivity index (χ0n) is 12.0. The minimum atomic E-state index is -0.169. The normalized spacial score (nSPS) is 10.8. The maximum Gasteiger partial charge on any atom is 0.269 e. The minimum Gasteiger partial charge on any atom is -0.360 e. The van der Waals surface area contributed by atoms with Crippen LogP contribution < -0.4 is 5.32 Å². The van der Waals surface area contributed by atoms with Crippen molar-refractivity contribution in [2.75, 3.05) is 7.05 Å². The van der Waals surface area contributed by atoms with Gasteiger partial charge in [0.2, 0.25) is 0 Å². The molecule has 0 aliphatic carbocycles. The zero-order chi connectivity index (χ0) is 14.8. The number of nitrogens with zero attached hydrogens (tertiary/aromatic N) is 2. The van der Waals surface area contributed by atoms with E-state index in [-0.39, 0.29) is 5.91 Å². The van der Waals surface area contributed by atoms with Gasteiger partial charge < -0.3 is 10.3 Å². The fourth-order valence-electron chi connectivity index (χ4n) is 2.45. The summed E-state index contributed by atoms with van der Waals surface area (Å²) in [5.74, 6) is -0.169. The summed E-state index contributed by atoms with van der Waals surface area (Å²) in [5, 5.41) is 3.74. The Bertz CT molecular complexity index is 807. The Morgan fingerprint density at radius 2 is 2.19 bits per heavy atom. The van der Waals surface area contributed by atoms with Crippen LogP contribution in [0.5, 0.6) is 0 Å². The molecule has 0 bridgehead atoms. The van der Waals surface area contributed by atoms with Gasteiger partial charge in [-0.05, 0) is 36.2 Å². The molecule has 0 fully saturated rings. The number of aromatic amines is 1. The molecule has 106 valence electrons. The van der Waals surface area contributed by atoms with Crippen molar-refractivity contribution in [1.82, 2.24) is 20.3 Å². The van der Waals surface area contributed by atoms with E-state index in [9.17, 15) is 4.79 Å². The summed E-state index contributed by atoms with van der Waals surface area (Å²) in [6.45, 7) is 1.97. The van der Waals surface area contributed by atoms with Gasteiger partial charge in [0.15, 0.2) is 0 Å². The van der Waals surface area contributed by atoms with Crippen LogP contribution in [0.1, 0.15) is 27.3 Å². The minimum absolute atomic E-state index is 0.169. The predicted octanol–water partition coefficient (Wildman–Crippen LogP) is 2.22. The van der Waals surface area contributed by atoms with Crippen molar-refractivity contribution in [2.45, 2.75) is 13.3 Å². The van der Waals surface area contributed by atoms with Gasteiger partial charge in [0.25, 0.3) is 5.91 Å². The average Bonchev–Trinajstić information content (AvgIpc) is 2.95. The zero-order valence-corrected chi connectivity index (χ0v) is 12.0. The maximum atomic E-state index is 11.8. The Labute approximate surface area is 122 Å². The molecule has 0 aliphatic heterocycles. The topological polar surface area (TPSA) is 70.7 Å². The van der Waals surface area contributed by atoms with Crippen molar-refractivity contribution in [1.29, 1.82) is 0 Å². The molecule has 0 radical (unpaired) electrons. The van der Waals surface area contributed by atoms with Crippen LogP contribution in [-0.2, 0) is 6.42 Å². The van der Waals surface area contributed by atoms with E-state index in [0.717, 1.165) is 27.7 Å². The number of hydrogen-bond acceptors (Lipinski definition) is 3. The van der Waals surface area contributed by atoms with Crippen molar-refractivity contribution in [2.24, 2.45) is 0 Å². The predicted molar refractivity (Wildman–Crippen MR) is 81.3 cm³/mol. The highest BCUT2D eigenvalue weighted by Crippen LogP contribution is 2.19. The maximum absolute atomic E-state index is 11.8. The van der Waals surface area contributed by atoms with E-state index in [1.54, 1.807) is 19.3 Å². The lowest BCUT2D eigenvalue weighted by molar-refractivity contribution is 0.0958. The second kappa shape index (κ2) is 5.36. The van der Waals surface area contributed by atoms with Crippen LogP contribution in [0.2, 0.25) is 0 Å². The molecule has 0 saturated carbocycles. The molecular formula is C16H16N4O. The Balaban J connectivity index is 2.00. The van der Waals surface area contributed by atoms with Gasteiger partial charge in [-0.25, -0.2) is 4.98 Å². The second-order valence-electron chi connectivity index (χ2n) is 5.01. The number of nitrogens with one attached hydrogen (secondary N) is 2.